The average molecular weight is 317 g/mol. The van der Waals surface area contributed by atoms with Crippen LogP contribution < -0.4 is 4.74 Å². The minimum absolute atomic E-state index is 0.591. The van der Waals surface area contributed by atoms with Gasteiger partial charge in [0.1, 0.15) is 11.3 Å². The van der Waals surface area contributed by atoms with Gasteiger partial charge in [0, 0.05) is 23.5 Å². The summed E-state index contributed by atoms with van der Waals surface area (Å²) in [5.41, 5.74) is 5.97. The van der Waals surface area contributed by atoms with Crippen LogP contribution in [0, 0.1) is 6.92 Å². The standard InChI is InChI=1S/C18H15N5O/c1-11-8-13(24-2)5-6-14(11)16-17-18(23-22-16)20-10-15(21-17)12-4-3-7-19-9-12/h3-10H,1-2H3,(H,20,22,23). The van der Waals surface area contributed by atoms with Crippen LogP contribution in [0.4, 0.5) is 0 Å². The highest BCUT2D eigenvalue weighted by atomic mass is 16.5. The lowest BCUT2D eigenvalue weighted by atomic mass is 10.0. The highest BCUT2D eigenvalue weighted by Crippen LogP contribution is 2.30. The molecule has 0 amide bonds. The van der Waals surface area contributed by atoms with Gasteiger partial charge in [-0.25, -0.2) is 9.97 Å². The summed E-state index contributed by atoms with van der Waals surface area (Å²) in [5, 5.41) is 7.32. The first-order valence-corrected chi connectivity index (χ1v) is 7.53. The van der Waals surface area contributed by atoms with Crippen molar-refractivity contribution in [2.45, 2.75) is 6.92 Å². The van der Waals surface area contributed by atoms with E-state index in [1.54, 1.807) is 25.7 Å². The molecule has 0 saturated carbocycles. The molecule has 4 rings (SSSR count). The molecule has 0 spiro atoms. The molecule has 3 aromatic heterocycles. The van der Waals surface area contributed by atoms with E-state index in [0.29, 0.717) is 5.65 Å². The number of aromatic nitrogens is 5. The maximum atomic E-state index is 5.27. The van der Waals surface area contributed by atoms with Crippen LogP contribution in [0.5, 0.6) is 5.75 Å². The number of hydrogen-bond acceptors (Lipinski definition) is 5. The monoisotopic (exact) mass is 317 g/mol. The van der Waals surface area contributed by atoms with Gasteiger partial charge in [-0.3, -0.25) is 10.1 Å². The minimum Gasteiger partial charge on any atom is -0.497 e. The summed E-state index contributed by atoms with van der Waals surface area (Å²) >= 11 is 0. The van der Waals surface area contributed by atoms with Crippen LogP contribution in [0.1, 0.15) is 5.56 Å². The van der Waals surface area contributed by atoms with E-state index in [-0.39, 0.29) is 0 Å². The molecule has 0 aliphatic heterocycles. The van der Waals surface area contributed by atoms with Gasteiger partial charge in [0.05, 0.1) is 24.7 Å². The number of aryl methyl sites for hydroxylation is 1. The predicted octanol–water partition coefficient (Wildman–Crippen LogP) is 3.40. The number of fused-ring (bicyclic) bond motifs is 1. The van der Waals surface area contributed by atoms with Crippen molar-refractivity contribution in [3.05, 3.63) is 54.5 Å². The third-order valence-corrected chi connectivity index (χ3v) is 3.92. The Bertz CT molecular complexity index is 1010. The third-order valence-electron chi connectivity index (χ3n) is 3.92. The molecule has 0 saturated heterocycles. The van der Waals surface area contributed by atoms with Crippen molar-refractivity contribution in [1.82, 2.24) is 25.1 Å². The van der Waals surface area contributed by atoms with Crippen molar-refractivity contribution in [3.63, 3.8) is 0 Å². The van der Waals surface area contributed by atoms with Gasteiger partial charge in [0.15, 0.2) is 5.65 Å². The Morgan fingerprint density at radius 1 is 1.12 bits per heavy atom. The Kier molecular flexibility index (Phi) is 3.42. The number of ether oxygens (including phenoxy) is 1. The molecule has 0 unspecified atom stereocenters. The molecule has 4 aromatic rings. The van der Waals surface area contributed by atoms with E-state index in [1.165, 1.54) is 0 Å². The molecule has 0 bridgehead atoms. The van der Waals surface area contributed by atoms with Gasteiger partial charge in [0.2, 0.25) is 0 Å². The van der Waals surface area contributed by atoms with E-state index in [2.05, 4.69) is 20.2 Å². The summed E-state index contributed by atoms with van der Waals surface area (Å²) in [4.78, 5) is 13.3. The summed E-state index contributed by atoms with van der Waals surface area (Å²) in [6.45, 7) is 2.03. The molecular formula is C18H15N5O. The number of benzene rings is 1. The largest absolute Gasteiger partial charge is 0.497 e. The van der Waals surface area contributed by atoms with Gasteiger partial charge in [-0.2, -0.15) is 5.10 Å². The fourth-order valence-corrected chi connectivity index (χ4v) is 2.68. The molecule has 24 heavy (non-hydrogen) atoms. The minimum atomic E-state index is 0.591. The van der Waals surface area contributed by atoms with Gasteiger partial charge in [-0.1, -0.05) is 0 Å². The summed E-state index contributed by atoms with van der Waals surface area (Å²) in [7, 11) is 1.66. The number of pyridine rings is 1. The van der Waals surface area contributed by atoms with Gasteiger partial charge in [-0.05, 0) is 42.8 Å². The molecule has 1 N–H and O–H groups in total. The normalized spacial score (nSPS) is 10.9. The van der Waals surface area contributed by atoms with E-state index < -0.39 is 0 Å². The number of nitrogens with one attached hydrogen (secondary N) is 1. The molecule has 1 aromatic carbocycles. The van der Waals surface area contributed by atoms with E-state index in [1.807, 2.05) is 37.3 Å². The molecule has 0 aliphatic rings. The number of methoxy groups -OCH3 is 1. The van der Waals surface area contributed by atoms with Crippen LogP contribution in [-0.2, 0) is 0 Å². The fraction of sp³-hybridized carbons (Fsp3) is 0.111. The van der Waals surface area contributed by atoms with Gasteiger partial charge in [0.25, 0.3) is 0 Å². The zero-order valence-electron chi connectivity index (χ0n) is 13.3. The third kappa shape index (κ3) is 2.38. The van der Waals surface area contributed by atoms with Crippen molar-refractivity contribution >= 4 is 11.2 Å². The molecule has 3 heterocycles. The Hall–Kier alpha value is -3.28. The predicted molar refractivity (Wildman–Crippen MR) is 91.6 cm³/mol. The Labute approximate surface area is 138 Å². The van der Waals surface area contributed by atoms with Crippen molar-refractivity contribution < 1.29 is 4.74 Å². The summed E-state index contributed by atoms with van der Waals surface area (Å²) in [6.07, 6.45) is 5.22. The maximum Gasteiger partial charge on any atom is 0.200 e. The smallest absolute Gasteiger partial charge is 0.200 e. The molecule has 0 fully saturated rings. The van der Waals surface area contributed by atoms with Crippen molar-refractivity contribution in [1.29, 1.82) is 0 Å². The Morgan fingerprint density at radius 3 is 2.79 bits per heavy atom. The van der Waals surface area contributed by atoms with E-state index in [4.69, 9.17) is 9.72 Å². The molecule has 0 radical (unpaired) electrons. The molecular weight excluding hydrogens is 302 g/mol. The number of nitrogens with zero attached hydrogens (tertiary/aromatic N) is 4. The zero-order chi connectivity index (χ0) is 16.5. The SMILES string of the molecule is COc1ccc(-c2[nH]nc3ncc(-c4cccnc4)nc23)c(C)c1. The summed E-state index contributed by atoms with van der Waals surface area (Å²) in [6, 6.07) is 9.75. The fourth-order valence-electron chi connectivity index (χ4n) is 2.68. The quantitative estimate of drug-likeness (QED) is 0.626. The van der Waals surface area contributed by atoms with E-state index in [0.717, 1.165) is 39.3 Å². The number of H-pyrrole nitrogens is 1. The second-order valence-corrected chi connectivity index (χ2v) is 5.45. The van der Waals surface area contributed by atoms with Crippen LogP contribution in [0.3, 0.4) is 0 Å². The van der Waals surface area contributed by atoms with Crippen LogP contribution in [0.2, 0.25) is 0 Å². The Morgan fingerprint density at radius 2 is 2.04 bits per heavy atom. The lowest BCUT2D eigenvalue weighted by Gasteiger charge is -2.07. The maximum absolute atomic E-state index is 5.27. The molecule has 6 nitrogen and oxygen atoms in total. The van der Waals surface area contributed by atoms with E-state index in [9.17, 15) is 0 Å². The number of rotatable bonds is 3. The van der Waals surface area contributed by atoms with E-state index >= 15 is 0 Å². The first-order chi connectivity index (χ1) is 11.8. The molecule has 0 atom stereocenters. The van der Waals surface area contributed by atoms with Crippen molar-refractivity contribution in [3.8, 4) is 28.3 Å². The molecule has 0 aliphatic carbocycles. The first-order valence-electron chi connectivity index (χ1n) is 7.53. The second kappa shape index (κ2) is 5.73. The second-order valence-electron chi connectivity index (χ2n) is 5.45. The highest BCUT2D eigenvalue weighted by Gasteiger charge is 2.14. The zero-order valence-corrected chi connectivity index (χ0v) is 13.3. The lowest BCUT2D eigenvalue weighted by Crippen LogP contribution is -1.91. The topological polar surface area (TPSA) is 76.6 Å². The van der Waals surface area contributed by atoms with Crippen LogP contribution >= 0.6 is 0 Å². The van der Waals surface area contributed by atoms with Crippen LogP contribution in [-0.4, -0.2) is 32.3 Å². The average Bonchev–Trinajstić information content (AvgIpc) is 3.05. The summed E-state index contributed by atoms with van der Waals surface area (Å²) in [5.74, 6) is 0.821. The molecule has 6 heteroatoms. The summed E-state index contributed by atoms with van der Waals surface area (Å²) < 4.78 is 5.27. The molecule has 118 valence electrons. The van der Waals surface area contributed by atoms with Crippen LogP contribution in [0.25, 0.3) is 33.7 Å². The van der Waals surface area contributed by atoms with Gasteiger partial charge in [-0.15, -0.1) is 0 Å². The van der Waals surface area contributed by atoms with Gasteiger partial charge >= 0.3 is 0 Å². The lowest BCUT2D eigenvalue weighted by molar-refractivity contribution is 0.414. The number of hydrogen-bond donors (Lipinski definition) is 1. The number of aromatic amines is 1. The van der Waals surface area contributed by atoms with Crippen molar-refractivity contribution in [2.24, 2.45) is 0 Å². The van der Waals surface area contributed by atoms with Gasteiger partial charge < -0.3 is 4.74 Å². The van der Waals surface area contributed by atoms with Crippen molar-refractivity contribution in [2.75, 3.05) is 7.11 Å². The Balaban J connectivity index is 1.88. The first kappa shape index (κ1) is 14.3. The highest BCUT2D eigenvalue weighted by molar-refractivity contribution is 5.89. The van der Waals surface area contributed by atoms with Crippen LogP contribution in [0.15, 0.2) is 48.9 Å².